The molecule has 1 aliphatic heterocycles. The summed E-state index contributed by atoms with van der Waals surface area (Å²) in [7, 11) is 2.79. The predicted molar refractivity (Wildman–Crippen MR) is 114 cm³/mol. The van der Waals surface area contributed by atoms with E-state index >= 15 is 0 Å². The number of carbonyl (C=O) groups is 3. The Morgan fingerprint density at radius 3 is 2.16 bits per heavy atom. The maximum atomic E-state index is 13.0. The van der Waals surface area contributed by atoms with Crippen molar-refractivity contribution in [2.75, 3.05) is 20.8 Å². The van der Waals surface area contributed by atoms with Crippen molar-refractivity contribution < 1.29 is 33.3 Å². The Balaban J connectivity index is 2.51. The molecule has 168 valence electrons. The Morgan fingerprint density at radius 2 is 1.65 bits per heavy atom. The van der Waals surface area contributed by atoms with Gasteiger partial charge in [-0.25, -0.2) is 14.4 Å². The second-order valence-electron chi connectivity index (χ2n) is 7.78. The molecular formula is C23H29NO7. The third-order valence-corrected chi connectivity index (χ3v) is 4.39. The largest absolute Gasteiger partial charge is 0.497 e. The first kappa shape index (κ1) is 24.0. The van der Waals surface area contributed by atoms with Crippen molar-refractivity contribution in [1.29, 1.82) is 0 Å². The van der Waals surface area contributed by atoms with Crippen LogP contribution in [0.15, 0.2) is 42.0 Å². The van der Waals surface area contributed by atoms with Crippen molar-refractivity contribution in [3.05, 3.63) is 47.6 Å². The average Bonchev–Trinajstić information content (AvgIpc) is 3.15. The van der Waals surface area contributed by atoms with Crippen LogP contribution in [0.3, 0.4) is 0 Å². The minimum atomic E-state index is -1.03. The van der Waals surface area contributed by atoms with E-state index in [1.54, 1.807) is 71.2 Å². The van der Waals surface area contributed by atoms with Crippen LogP contribution in [0.5, 0.6) is 5.75 Å². The maximum Gasteiger partial charge on any atom is 0.412 e. The highest BCUT2D eigenvalue weighted by molar-refractivity contribution is 5.97. The van der Waals surface area contributed by atoms with Crippen LogP contribution in [0.4, 0.5) is 4.79 Å². The summed E-state index contributed by atoms with van der Waals surface area (Å²) in [6, 6.07) is 5.14. The monoisotopic (exact) mass is 431 g/mol. The summed E-state index contributed by atoms with van der Waals surface area (Å²) in [6.07, 6.45) is 3.98. The fourth-order valence-corrected chi connectivity index (χ4v) is 3.04. The Kier molecular flexibility index (Phi) is 7.85. The molecule has 0 saturated carbocycles. The highest BCUT2D eigenvalue weighted by Crippen LogP contribution is 2.29. The van der Waals surface area contributed by atoms with Gasteiger partial charge in [-0.15, -0.1) is 0 Å². The van der Waals surface area contributed by atoms with E-state index in [1.807, 2.05) is 0 Å². The Bertz CT molecular complexity index is 865. The summed E-state index contributed by atoms with van der Waals surface area (Å²) in [5, 5.41) is 0. The zero-order valence-electron chi connectivity index (χ0n) is 18.7. The van der Waals surface area contributed by atoms with Crippen LogP contribution in [-0.2, 0) is 23.8 Å². The first-order valence-electron chi connectivity index (χ1n) is 9.91. The Labute approximate surface area is 182 Å². The van der Waals surface area contributed by atoms with E-state index in [0.29, 0.717) is 11.3 Å². The van der Waals surface area contributed by atoms with Gasteiger partial charge in [0, 0.05) is 0 Å². The molecule has 31 heavy (non-hydrogen) atoms. The van der Waals surface area contributed by atoms with Crippen LogP contribution in [-0.4, -0.2) is 61.4 Å². The van der Waals surface area contributed by atoms with Crippen LogP contribution in [0.25, 0.3) is 6.08 Å². The molecule has 0 spiro atoms. The summed E-state index contributed by atoms with van der Waals surface area (Å²) in [4.78, 5) is 39.3. The van der Waals surface area contributed by atoms with E-state index in [-0.39, 0.29) is 12.2 Å². The molecule has 0 radical (unpaired) electrons. The van der Waals surface area contributed by atoms with Crippen LogP contribution >= 0.6 is 0 Å². The number of hydrogen-bond donors (Lipinski definition) is 0. The van der Waals surface area contributed by atoms with Gasteiger partial charge < -0.3 is 18.9 Å². The third kappa shape index (κ3) is 6.10. The van der Waals surface area contributed by atoms with Gasteiger partial charge >= 0.3 is 18.0 Å². The van der Waals surface area contributed by atoms with Crippen molar-refractivity contribution in [3.63, 3.8) is 0 Å². The Hall–Kier alpha value is -3.29. The number of amides is 1. The Morgan fingerprint density at radius 1 is 1.03 bits per heavy atom. The molecule has 1 aromatic rings. The van der Waals surface area contributed by atoms with Gasteiger partial charge in [0.2, 0.25) is 0 Å². The van der Waals surface area contributed by atoms with Gasteiger partial charge in [-0.2, -0.15) is 0 Å². The lowest BCUT2D eigenvalue weighted by atomic mass is 10.0. The molecule has 0 saturated heterocycles. The van der Waals surface area contributed by atoms with Gasteiger partial charge in [0.25, 0.3) is 0 Å². The zero-order valence-corrected chi connectivity index (χ0v) is 18.7. The topological polar surface area (TPSA) is 91.4 Å². The number of benzene rings is 1. The normalized spacial score (nSPS) is 18.5. The van der Waals surface area contributed by atoms with Gasteiger partial charge in [-0.1, -0.05) is 24.3 Å². The van der Waals surface area contributed by atoms with Crippen molar-refractivity contribution in [2.24, 2.45) is 0 Å². The lowest BCUT2D eigenvalue weighted by molar-refractivity contribution is -0.145. The van der Waals surface area contributed by atoms with Gasteiger partial charge in [-0.3, -0.25) is 4.90 Å². The van der Waals surface area contributed by atoms with Gasteiger partial charge in [-0.05, 0) is 51.5 Å². The van der Waals surface area contributed by atoms with E-state index in [9.17, 15) is 14.4 Å². The highest BCUT2D eigenvalue weighted by atomic mass is 16.6. The standard InChI is InChI=1S/C23H29NO7/c1-7-30-20(25)17(14-15-8-10-16(28-5)11-9-15)18-12-13-19(21(26)29-6)24(18)22(27)31-23(2,3)4/h8-14,18-19H,7H2,1-6H3/b17-14+/t18-,19+/m1/s1. The molecule has 0 aliphatic carbocycles. The third-order valence-electron chi connectivity index (χ3n) is 4.39. The summed E-state index contributed by atoms with van der Waals surface area (Å²) < 4.78 is 20.7. The quantitative estimate of drug-likeness (QED) is 0.295. The smallest absolute Gasteiger partial charge is 0.412 e. The molecule has 8 heteroatoms. The first-order valence-corrected chi connectivity index (χ1v) is 9.91. The van der Waals surface area contributed by atoms with Crippen molar-refractivity contribution in [1.82, 2.24) is 4.90 Å². The molecule has 0 fully saturated rings. The number of carbonyl (C=O) groups excluding carboxylic acids is 3. The fourth-order valence-electron chi connectivity index (χ4n) is 3.04. The molecule has 0 unspecified atom stereocenters. The SMILES string of the molecule is CCOC(=O)/C(=C/c1ccc(OC)cc1)[C@H]1C=C[C@@H](C(=O)OC)N1C(=O)OC(C)(C)C. The number of esters is 2. The predicted octanol–water partition coefficient (Wildman–Crippen LogP) is 3.36. The number of methoxy groups -OCH3 is 2. The number of nitrogens with zero attached hydrogens (tertiary/aromatic N) is 1. The van der Waals surface area contributed by atoms with Crippen molar-refractivity contribution in [2.45, 2.75) is 45.4 Å². The van der Waals surface area contributed by atoms with E-state index in [4.69, 9.17) is 18.9 Å². The van der Waals surface area contributed by atoms with Crippen LogP contribution in [0, 0.1) is 0 Å². The molecule has 0 N–H and O–H groups in total. The molecule has 2 rings (SSSR count). The minimum absolute atomic E-state index is 0.155. The van der Waals surface area contributed by atoms with Gasteiger partial charge in [0.15, 0.2) is 6.04 Å². The van der Waals surface area contributed by atoms with E-state index in [1.165, 1.54) is 18.1 Å². The second-order valence-corrected chi connectivity index (χ2v) is 7.78. The summed E-state index contributed by atoms with van der Waals surface area (Å²) in [5.74, 6) is -0.582. The molecule has 0 bridgehead atoms. The van der Waals surface area contributed by atoms with Crippen LogP contribution in [0.2, 0.25) is 0 Å². The lowest BCUT2D eigenvalue weighted by Crippen LogP contribution is -2.49. The van der Waals surface area contributed by atoms with E-state index in [0.717, 1.165) is 0 Å². The van der Waals surface area contributed by atoms with E-state index in [2.05, 4.69) is 0 Å². The summed E-state index contributed by atoms with van der Waals surface area (Å²) in [6.45, 7) is 7.00. The second kappa shape index (κ2) is 10.1. The fraction of sp³-hybridized carbons (Fsp3) is 0.435. The van der Waals surface area contributed by atoms with Crippen molar-refractivity contribution in [3.8, 4) is 5.75 Å². The lowest BCUT2D eigenvalue weighted by Gasteiger charge is -2.32. The van der Waals surface area contributed by atoms with Crippen molar-refractivity contribution >= 4 is 24.1 Å². The zero-order chi connectivity index (χ0) is 23.2. The van der Waals surface area contributed by atoms with Gasteiger partial charge in [0.1, 0.15) is 11.4 Å². The van der Waals surface area contributed by atoms with E-state index < -0.39 is 35.7 Å². The molecule has 2 atom stereocenters. The average molecular weight is 431 g/mol. The number of ether oxygens (including phenoxy) is 4. The number of rotatable bonds is 6. The van der Waals surface area contributed by atoms with Crippen LogP contribution in [0.1, 0.15) is 33.3 Å². The number of hydrogen-bond acceptors (Lipinski definition) is 7. The molecule has 8 nitrogen and oxygen atoms in total. The summed E-state index contributed by atoms with van der Waals surface area (Å²) >= 11 is 0. The minimum Gasteiger partial charge on any atom is -0.497 e. The molecule has 1 aliphatic rings. The molecular weight excluding hydrogens is 402 g/mol. The molecule has 1 aromatic carbocycles. The van der Waals surface area contributed by atoms with Gasteiger partial charge in [0.05, 0.1) is 32.4 Å². The van der Waals surface area contributed by atoms with Crippen LogP contribution < -0.4 is 4.74 Å². The summed E-state index contributed by atoms with van der Waals surface area (Å²) in [5.41, 5.74) is 0.0812. The molecule has 1 heterocycles. The molecule has 1 amide bonds. The maximum absolute atomic E-state index is 13.0. The molecule has 0 aromatic heterocycles. The first-order chi connectivity index (χ1) is 14.6. The highest BCUT2D eigenvalue weighted by Gasteiger charge is 2.43.